The fraction of sp³-hybridized carbons (Fsp3) is 0.500. The zero-order chi connectivity index (χ0) is 11.5. The maximum absolute atomic E-state index is 12.4. The van der Waals surface area contributed by atoms with Gasteiger partial charge in [-0.05, 0) is 34.7 Å². The van der Waals surface area contributed by atoms with E-state index in [0.29, 0.717) is 9.53 Å². The lowest BCUT2D eigenvalue weighted by Gasteiger charge is -2.14. The van der Waals surface area contributed by atoms with Crippen molar-refractivity contribution in [1.82, 2.24) is 5.32 Å². The molecule has 1 rings (SSSR count). The lowest BCUT2D eigenvalue weighted by molar-refractivity contribution is -0.125. The van der Waals surface area contributed by atoms with Crippen molar-refractivity contribution in [2.24, 2.45) is 0 Å². The number of nitrogens with one attached hydrogen (secondary N) is 1. The summed E-state index contributed by atoms with van der Waals surface area (Å²) in [5, 5.41) is 2.21. The largest absolute Gasteiger partial charge is 0.454 e. The summed E-state index contributed by atoms with van der Waals surface area (Å²) in [7, 11) is 0. The van der Waals surface area contributed by atoms with Gasteiger partial charge in [0.05, 0.1) is 13.1 Å². The zero-order valence-corrected chi connectivity index (χ0v) is 9.60. The Morgan fingerprint density at radius 3 is 2.53 bits per heavy atom. The SMILES string of the molecule is FC(F)C(F)(F)CNCc1ccc(I)o1. The molecule has 0 aliphatic rings. The number of rotatable bonds is 5. The number of halogens is 5. The minimum Gasteiger partial charge on any atom is -0.454 e. The van der Waals surface area contributed by atoms with E-state index in [0.717, 1.165) is 0 Å². The average molecular weight is 337 g/mol. The normalized spacial score (nSPS) is 12.4. The smallest absolute Gasteiger partial charge is 0.319 e. The van der Waals surface area contributed by atoms with Gasteiger partial charge in [-0.25, -0.2) is 8.78 Å². The van der Waals surface area contributed by atoms with E-state index in [1.165, 1.54) is 0 Å². The minimum atomic E-state index is -4.00. The van der Waals surface area contributed by atoms with E-state index in [-0.39, 0.29) is 6.54 Å². The molecule has 0 aliphatic heterocycles. The molecule has 1 N–H and O–H groups in total. The zero-order valence-electron chi connectivity index (χ0n) is 7.44. The summed E-state index contributed by atoms with van der Waals surface area (Å²) in [5.41, 5.74) is 0. The van der Waals surface area contributed by atoms with Gasteiger partial charge in [0.25, 0.3) is 0 Å². The first-order chi connectivity index (χ1) is 6.92. The van der Waals surface area contributed by atoms with Crippen LogP contribution in [-0.2, 0) is 6.54 Å². The third kappa shape index (κ3) is 3.98. The predicted octanol–water partition coefficient (Wildman–Crippen LogP) is 2.87. The molecule has 86 valence electrons. The maximum Gasteiger partial charge on any atom is 0.319 e. The summed E-state index contributed by atoms with van der Waals surface area (Å²) >= 11 is 1.92. The fourth-order valence-corrected chi connectivity index (χ4v) is 1.34. The Morgan fingerprint density at radius 2 is 2.07 bits per heavy atom. The van der Waals surface area contributed by atoms with Crippen molar-refractivity contribution in [3.8, 4) is 0 Å². The van der Waals surface area contributed by atoms with E-state index in [4.69, 9.17) is 4.42 Å². The molecule has 15 heavy (non-hydrogen) atoms. The van der Waals surface area contributed by atoms with Gasteiger partial charge in [0.15, 0.2) is 3.77 Å². The maximum atomic E-state index is 12.4. The second kappa shape index (κ2) is 5.15. The molecule has 0 bridgehead atoms. The third-order valence-electron chi connectivity index (χ3n) is 1.61. The highest BCUT2D eigenvalue weighted by molar-refractivity contribution is 14.1. The van der Waals surface area contributed by atoms with Gasteiger partial charge in [-0.3, -0.25) is 0 Å². The standard InChI is InChI=1S/C8H8F4INO/c9-7(10)8(11,12)4-14-3-5-1-2-6(13)15-5/h1-2,7,14H,3-4H2. The summed E-state index contributed by atoms with van der Waals surface area (Å²) in [4.78, 5) is 0. The lowest BCUT2D eigenvalue weighted by Crippen LogP contribution is -2.38. The predicted molar refractivity (Wildman–Crippen MR) is 54.1 cm³/mol. The van der Waals surface area contributed by atoms with Gasteiger partial charge in [-0.2, -0.15) is 8.78 Å². The molecule has 0 radical (unpaired) electrons. The molecule has 0 saturated heterocycles. The second-order valence-corrected chi connectivity index (χ2v) is 3.93. The molecule has 0 atom stereocenters. The fourth-order valence-electron chi connectivity index (χ4n) is 0.876. The van der Waals surface area contributed by atoms with Crippen LogP contribution in [0.2, 0.25) is 0 Å². The molecule has 2 nitrogen and oxygen atoms in total. The highest BCUT2D eigenvalue weighted by Gasteiger charge is 2.39. The van der Waals surface area contributed by atoms with Crippen LogP contribution >= 0.6 is 22.6 Å². The Hall–Kier alpha value is -0.310. The van der Waals surface area contributed by atoms with Gasteiger partial charge < -0.3 is 9.73 Å². The van der Waals surface area contributed by atoms with Gasteiger partial charge in [-0.15, -0.1) is 0 Å². The van der Waals surface area contributed by atoms with Crippen LogP contribution in [0.5, 0.6) is 0 Å². The topological polar surface area (TPSA) is 25.2 Å². The monoisotopic (exact) mass is 337 g/mol. The van der Waals surface area contributed by atoms with E-state index in [1.807, 2.05) is 22.6 Å². The Kier molecular flexibility index (Phi) is 4.38. The average Bonchev–Trinajstić information content (AvgIpc) is 2.51. The molecule has 0 amide bonds. The van der Waals surface area contributed by atoms with Crippen molar-refractivity contribution in [3.63, 3.8) is 0 Å². The van der Waals surface area contributed by atoms with Crippen LogP contribution < -0.4 is 5.32 Å². The first-order valence-corrected chi connectivity index (χ1v) is 5.10. The van der Waals surface area contributed by atoms with Crippen LogP contribution in [-0.4, -0.2) is 18.9 Å². The van der Waals surface area contributed by atoms with Crippen molar-refractivity contribution in [2.45, 2.75) is 18.9 Å². The minimum absolute atomic E-state index is 0.00527. The summed E-state index contributed by atoms with van der Waals surface area (Å²) < 4.78 is 53.9. The molecule has 0 aliphatic carbocycles. The Morgan fingerprint density at radius 1 is 1.40 bits per heavy atom. The second-order valence-electron chi connectivity index (χ2n) is 2.87. The molecule has 0 fully saturated rings. The molecule has 7 heteroatoms. The van der Waals surface area contributed by atoms with Crippen LogP contribution in [0.1, 0.15) is 5.76 Å². The Bertz CT molecular complexity index is 315. The van der Waals surface area contributed by atoms with Crippen LogP contribution in [0, 0.1) is 3.77 Å². The molecular weight excluding hydrogens is 329 g/mol. The number of hydrogen-bond acceptors (Lipinski definition) is 2. The van der Waals surface area contributed by atoms with Crippen molar-refractivity contribution in [1.29, 1.82) is 0 Å². The van der Waals surface area contributed by atoms with Crippen LogP contribution in [0.25, 0.3) is 0 Å². The van der Waals surface area contributed by atoms with Crippen molar-refractivity contribution in [2.75, 3.05) is 6.54 Å². The molecule has 0 unspecified atom stereocenters. The number of hydrogen-bond donors (Lipinski definition) is 1. The molecule has 1 aromatic heterocycles. The highest BCUT2D eigenvalue weighted by atomic mass is 127. The highest BCUT2D eigenvalue weighted by Crippen LogP contribution is 2.21. The van der Waals surface area contributed by atoms with Crippen LogP contribution in [0.15, 0.2) is 16.5 Å². The Balaban J connectivity index is 2.33. The van der Waals surface area contributed by atoms with E-state index < -0.39 is 18.9 Å². The summed E-state index contributed by atoms with van der Waals surface area (Å²) in [6, 6.07) is 3.25. The summed E-state index contributed by atoms with van der Waals surface area (Å²) in [6.07, 6.45) is -3.65. The van der Waals surface area contributed by atoms with E-state index in [9.17, 15) is 17.6 Å². The van der Waals surface area contributed by atoms with Gasteiger partial charge in [-0.1, -0.05) is 0 Å². The van der Waals surface area contributed by atoms with Gasteiger partial charge in [0.2, 0.25) is 0 Å². The van der Waals surface area contributed by atoms with Gasteiger partial charge >= 0.3 is 12.3 Å². The molecular formula is C8H8F4INO. The molecule has 0 spiro atoms. The van der Waals surface area contributed by atoms with E-state index >= 15 is 0 Å². The van der Waals surface area contributed by atoms with Crippen LogP contribution in [0.3, 0.4) is 0 Å². The van der Waals surface area contributed by atoms with E-state index in [1.54, 1.807) is 12.1 Å². The molecule has 1 aromatic rings. The van der Waals surface area contributed by atoms with Gasteiger partial charge in [0.1, 0.15) is 5.76 Å². The summed E-state index contributed by atoms with van der Waals surface area (Å²) in [5.74, 6) is -3.57. The quantitative estimate of drug-likeness (QED) is 0.660. The van der Waals surface area contributed by atoms with Crippen LogP contribution in [0.4, 0.5) is 17.6 Å². The molecule has 0 aromatic carbocycles. The van der Waals surface area contributed by atoms with E-state index in [2.05, 4.69) is 5.32 Å². The number of alkyl halides is 4. The summed E-state index contributed by atoms with van der Waals surface area (Å²) in [6.45, 7) is -1.06. The Labute approximate surface area is 97.2 Å². The van der Waals surface area contributed by atoms with Crippen molar-refractivity contribution < 1.29 is 22.0 Å². The first-order valence-electron chi connectivity index (χ1n) is 4.03. The third-order valence-corrected chi connectivity index (χ3v) is 2.19. The number of furan rings is 1. The van der Waals surface area contributed by atoms with Crippen molar-refractivity contribution >= 4 is 22.6 Å². The van der Waals surface area contributed by atoms with Gasteiger partial charge in [0, 0.05) is 0 Å². The first kappa shape index (κ1) is 12.8. The van der Waals surface area contributed by atoms with Crippen molar-refractivity contribution in [3.05, 3.63) is 21.7 Å². The lowest BCUT2D eigenvalue weighted by atomic mass is 10.3. The molecule has 1 heterocycles. The molecule has 0 saturated carbocycles.